The lowest BCUT2D eigenvalue weighted by atomic mass is 10.1. The van der Waals surface area contributed by atoms with Crippen LogP contribution in [0.1, 0.15) is 43.0 Å². The molecule has 34 heavy (non-hydrogen) atoms. The van der Waals surface area contributed by atoms with Gasteiger partial charge in [-0.3, -0.25) is 0 Å². The molecular weight excluding hydrogens is 469 g/mol. The second kappa shape index (κ2) is 11.4. The number of esters is 1. The van der Waals surface area contributed by atoms with Gasteiger partial charge >= 0.3 is 12.1 Å². The molecule has 0 amide bonds. The Kier molecular flexibility index (Phi) is 8.62. The van der Waals surface area contributed by atoms with E-state index < -0.39 is 23.9 Å². The van der Waals surface area contributed by atoms with Gasteiger partial charge in [0, 0.05) is 24.1 Å². The molecule has 3 rings (SSSR count). The minimum Gasteiger partial charge on any atom is -0.485 e. The fraction of sp³-hybridized carbons (Fsp3) is 0.375. The third-order valence-corrected chi connectivity index (χ3v) is 6.01. The Bertz CT molecular complexity index is 1090. The van der Waals surface area contributed by atoms with Crippen molar-refractivity contribution in [3.63, 3.8) is 0 Å². The van der Waals surface area contributed by atoms with E-state index in [0.29, 0.717) is 23.7 Å². The standard InChI is InChI=1S/C24H25F3N2O4S/c1-4-31-18(23(30)32-5-2)14-16-6-8-17(9-7-16)33-15(3)19-10-11-20(34-19)22-28-13-12-21(29-22)24(25,26)27/h6-13,15,18H,4-5,14H2,1-3H3. The summed E-state index contributed by atoms with van der Waals surface area (Å²) in [6.45, 7) is 6.10. The molecule has 0 radical (unpaired) electrons. The highest BCUT2D eigenvalue weighted by Crippen LogP contribution is 2.34. The van der Waals surface area contributed by atoms with Gasteiger partial charge in [-0.1, -0.05) is 12.1 Å². The first-order chi connectivity index (χ1) is 16.2. The topological polar surface area (TPSA) is 70.5 Å². The summed E-state index contributed by atoms with van der Waals surface area (Å²) in [5, 5.41) is 0. The Balaban J connectivity index is 1.65. The molecule has 10 heteroatoms. The van der Waals surface area contributed by atoms with Crippen LogP contribution in [0.4, 0.5) is 13.2 Å². The Morgan fingerprint density at radius 1 is 1.06 bits per heavy atom. The average molecular weight is 495 g/mol. The quantitative estimate of drug-likeness (QED) is 0.328. The second-order valence-electron chi connectivity index (χ2n) is 7.27. The molecule has 2 atom stereocenters. The van der Waals surface area contributed by atoms with Crippen LogP contribution in [-0.2, 0) is 26.9 Å². The van der Waals surface area contributed by atoms with Crippen molar-refractivity contribution in [1.29, 1.82) is 0 Å². The summed E-state index contributed by atoms with van der Waals surface area (Å²) in [5.74, 6) is 0.246. The van der Waals surface area contributed by atoms with E-state index in [9.17, 15) is 18.0 Å². The Morgan fingerprint density at radius 2 is 1.79 bits per heavy atom. The molecule has 0 bridgehead atoms. The van der Waals surface area contributed by atoms with E-state index in [4.69, 9.17) is 14.2 Å². The predicted octanol–water partition coefficient (Wildman–Crippen LogP) is 5.87. The number of halogens is 3. The largest absolute Gasteiger partial charge is 0.485 e. The van der Waals surface area contributed by atoms with Gasteiger partial charge < -0.3 is 14.2 Å². The first kappa shape index (κ1) is 25.6. The van der Waals surface area contributed by atoms with Gasteiger partial charge in [-0.05, 0) is 56.7 Å². The highest BCUT2D eigenvalue weighted by molar-refractivity contribution is 7.15. The lowest BCUT2D eigenvalue weighted by Crippen LogP contribution is -2.28. The predicted molar refractivity (Wildman–Crippen MR) is 122 cm³/mol. The summed E-state index contributed by atoms with van der Waals surface area (Å²) < 4.78 is 55.3. The maximum atomic E-state index is 12.9. The monoisotopic (exact) mass is 494 g/mol. The van der Waals surface area contributed by atoms with Crippen LogP contribution in [-0.4, -0.2) is 35.3 Å². The highest BCUT2D eigenvalue weighted by Gasteiger charge is 2.33. The molecule has 0 aliphatic rings. The van der Waals surface area contributed by atoms with Gasteiger partial charge in [-0.15, -0.1) is 11.3 Å². The molecule has 0 aliphatic heterocycles. The Morgan fingerprint density at radius 3 is 2.44 bits per heavy atom. The number of hydrogen-bond acceptors (Lipinski definition) is 7. The van der Waals surface area contributed by atoms with Crippen molar-refractivity contribution in [2.45, 2.75) is 45.6 Å². The van der Waals surface area contributed by atoms with Crippen LogP contribution >= 0.6 is 11.3 Å². The average Bonchev–Trinajstić information content (AvgIpc) is 3.30. The molecule has 6 nitrogen and oxygen atoms in total. The van der Waals surface area contributed by atoms with E-state index in [1.165, 1.54) is 11.3 Å². The molecule has 2 heterocycles. The Labute approximate surface area is 199 Å². The summed E-state index contributed by atoms with van der Waals surface area (Å²) in [4.78, 5) is 21.0. The van der Waals surface area contributed by atoms with Crippen molar-refractivity contribution < 1.29 is 32.2 Å². The zero-order valence-electron chi connectivity index (χ0n) is 19.0. The first-order valence-corrected chi connectivity index (χ1v) is 11.6. The van der Waals surface area contributed by atoms with E-state index >= 15 is 0 Å². The molecule has 2 aromatic heterocycles. The number of aromatic nitrogens is 2. The Hall–Kier alpha value is -2.98. The van der Waals surface area contributed by atoms with E-state index in [1.807, 2.05) is 26.0 Å². The number of benzene rings is 1. The molecule has 1 aromatic carbocycles. The zero-order valence-corrected chi connectivity index (χ0v) is 19.8. The molecule has 0 fully saturated rings. The molecule has 2 unspecified atom stereocenters. The fourth-order valence-electron chi connectivity index (χ4n) is 3.15. The minimum absolute atomic E-state index is 0.0214. The summed E-state index contributed by atoms with van der Waals surface area (Å²) in [7, 11) is 0. The first-order valence-electron chi connectivity index (χ1n) is 10.8. The maximum absolute atomic E-state index is 12.9. The SMILES string of the molecule is CCOC(=O)C(Cc1ccc(OC(C)c2ccc(-c3nccc(C(F)(F)F)n3)s2)cc1)OCC. The summed E-state index contributed by atoms with van der Waals surface area (Å²) in [6, 6.07) is 11.6. The van der Waals surface area contributed by atoms with Crippen molar-refractivity contribution in [1.82, 2.24) is 9.97 Å². The van der Waals surface area contributed by atoms with Crippen LogP contribution in [0.2, 0.25) is 0 Å². The summed E-state index contributed by atoms with van der Waals surface area (Å²) >= 11 is 1.27. The summed E-state index contributed by atoms with van der Waals surface area (Å²) in [5.41, 5.74) is -0.0852. The van der Waals surface area contributed by atoms with Crippen molar-refractivity contribution >= 4 is 17.3 Å². The maximum Gasteiger partial charge on any atom is 0.433 e. The van der Waals surface area contributed by atoms with Gasteiger partial charge in [0.1, 0.15) is 17.5 Å². The van der Waals surface area contributed by atoms with Crippen LogP contribution in [0, 0.1) is 0 Å². The second-order valence-corrected chi connectivity index (χ2v) is 8.38. The lowest BCUT2D eigenvalue weighted by Gasteiger charge is -2.16. The third kappa shape index (κ3) is 6.77. The number of nitrogens with zero attached hydrogens (tertiary/aromatic N) is 2. The number of thiophene rings is 1. The van der Waals surface area contributed by atoms with E-state index in [-0.39, 0.29) is 18.5 Å². The van der Waals surface area contributed by atoms with Gasteiger partial charge in [0.2, 0.25) is 0 Å². The molecule has 0 saturated carbocycles. The molecule has 0 saturated heterocycles. The zero-order chi connectivity index (χ0) is 24.7. The number of alkyl halides is 3. The van der Waals surface area contributed by atoms with Gasteiger partial charge in [0.25, 0.3) is 0 Å². The molecule has 0 aliphatic carbocycles. The minimum atomic E-state index is -4.53. The molecule has 0 N–H and O–H groups in total. The van der Waals surface area contributed by atoms with Gasteiger partial charge in [0.05, 0.1) is 11.5 Å². The molecular formula is C24H25F3N2O4S. The highest BCUT2D eigenvalue weighted by atomic mass is 32.1. The number of hydrogen-bond donors (Lipinski definition) is 0. The van der Waals surface area contributed by atoms with Gasteiger partial charge in [-0.25, -0.2) is 14.8 Å². The number of rotatable bonds is 10. The van der Waals surface area contributed by atoms with Crippen LogP contribution in [0.5, 0.6) is 5.75 Å². The van der Waals surface area contributed by atoms with Crippen LogP contribution in [0.15, 0.2) is 48.7 Å². The van der Waals surface area contributed by atoms with Gasteiger partial charge in [0.15, 0.2) is 11.9 Å². The molecule has 0 spiro atoms. The van der Waals surface area contributed by atoms with Crippen molar-refractivity contribution in [3.05, 3.63) is 64.8 Å². The fourth-order valence-corrected chi connectivity index (χ4v) is 4.08. The van der Waals surface area contributed by atoms with Crippen molar-refractivity contribution in [3.8, 4) is 16.5 Å². The van der Waals surface area contributed by atoms with Crippen molar-refractivity contribution in [2.75, 3.05) is 13.2 Å². The van der Waals surface area contributed by atoms with E-state index in [1.54, 1.807) is 31.2 Å². The lowest BCUT2D eigenvalue weighted by molar-refractivity contribution is -0.156. The molecule has 3 aromatic rings. The van der Waals surface area contributed by atoms with E-state index in [0.717, 1.165) is 22.7 Å². The third-order valence-electron chi connectivity index (χ3n) is 4.77. The number of ether oxygens (including phenoxy) is 3. The van der Waals surface area contributed by atoms with Gasteiger partial charge in [-0.2, -0.15) is 13.2 Å². The van der Waals surface area contributed by atoms with Crippen molar-refractivity contribution in [2.24, 2.45) is 0 Å². The number of carbonyl (C=O) groups excluding carboxylic acids is 1. The number of carbonyl (C=O) groups is 1. The van der Waals surface area contributed by atoms with E-state index in [2.05, 4.69) is 9.97 Å². The molecule has 182 valence electrons. The normalized spacial score (nSPS) is 13.4. The van der Waals surface area contributed by atoms with Crippen LogP contribution < -0.4 is 4.74 Å². The summed E-state index contributed by atoms with van der Waals surface area (Å²) in [6.07, 6.45) is -4.05. The smallest absolute Gasteiger partial charge is 0.433 e. The van der Waals surface area contributed by atoms with Crippen LogP contribution in [0.25, 0.3) is 10.7 Å². The van der Waals surface area contributed by atoms with Crippen LogP contribution in [0.3, 0.4) is 0 Å².